The van der Waals surface area contributed by atoms with Crippen molar-refractivity contribution in [3.63, 3.8) is 0 Å². The first-order valence-electron chi connectivity index (χ1n) is 4.63. The molecule has 1 aromatic carbocycles. The number of amides is 1. The molecule has 0 bridgehead atoms. The van der Waals surface area contributed by atoms with Gasteiger partial charge >= 0.3 is 0 Å². The van der Waals surface area contributed by atoms with Gasteiger partial charge in [-0.15, -0.1) is 0 Å². The van der Waals surface area contributed by atoms with Crippen molar-refractivity contribution < 1.29 is 4.79 Å². The molecule has 1 aromatic rings. The third-order valence-corrected chi connectivity index (χ3v) is 2.03. The Balaban J connectivity index is 2.46. The number of carbonyl (C=O) groups is 1. The van der Waals surface area contributed by atoms with Crippen LogP contribution >= 0.6 is 0 Å². The normalized spacial score (nSPS) is 10.4. The zero-order valence-corrected chi connectivity index (χ0v) is 8.60. The van der Waals surface area contributed by atoms with Crippen molar-refractivity contribution in [2.45, 2.75) is 6.92 Å². The summed E-state index contributed by atoms with van der Waals surface area (Å²) in [5.74, 6) is 0.0858. The molecule has 0 aromatic heterocycles. The molecule has 0 heterocycles. The van der Waals surface area contributed by atoms with E-state index in [1.165, 1.54) is 0 Å². The molecule has 0 saturated carbocycles. The zero-order chi connectivity index (χ0) is 10.4. The maximum atomic E-state index is 10.9. The molecule has 2 heteroatoms. The molecule has 0 unspecified atom stereocenters. The Hall–Kier alpha value is -1.57. The van der Waals surface area contributed by atoms with Gasteiger partial charge in [-0.2, -0.15) is 0 Å². The summed E-state index contributed by atoms with van der Waals surface area (Å²) in [5.41, 5.74) is 1.16. The first-order chi connectivity index (χ1) is 6.70. The molecule has 1 amide bonds. The summed E-state index contributed by atoms with van der Waals surface area (Å²) in [6.45, 7) is 2.22. The second kappa shape index (κ2) is 5.22. The number of hydrogen-bond donors (Lipinski definition) is 0. The minimum Gasteiger partial charge on any atom is -0.342 e. The lowest BCUT2D eigenvalue weighted by Gasteiger charge is -2.10. The highest BCUT2D eigenvalue weighted by atomic mass is 16.2. The molecule has 0 saturated heterocycles. The summed E-state index contributed by atoms with van der Waals surface area (Å²) in [7, 11) is 1.79. The first kappa shape index (κ1) is 10.5. The van der Waals surface area contributed by atoms with Gasteiger partial charge in [0.2, 0.25) is 5.91 Å². The Morgan fingerprint density at radius 2 is 2.00 bits per heavy atom. The summed E-state index contributed by atoms with van der Waals surface area (Å²) >= 11 is 0. The van der Waals surface area contributed by atoms with Crippen LogP contribution in [0, 0.1) is 0 Å². The van der Waals surface area contributed by atoms with E-state index < -0.39 is 0 Å². The van der Waals surface area contributed by atoms with Crippen molar-refractivity contribution in [1.82, 2.24) is 4.90 Å². The predicted octanol–water partition coefficient (Wildman–Crippen LogP) is 2.18. The number of nitrogens with zero attached hydrogens (tertiary/aromatic N) is 1. The Morgan fingerprint density at radius 3 is 2.57 bits per heavy atom. The second-order valence-corrected chi connectivity index (χ2v) is 3.21. The molecular formula is C12H15NO. The monoisotopic (exact) mass is 189 g/mol. The van der Waals surface area contributed by atoms with Gasteiger partial charge < -0.3 is 4.90 Å². The number of rotatable bonds is 3. The maximum Gasteiger partial charge on any atom is 0.219 e. The molecule has 14 heavy (non-hydrogen) atoms. The highest BCUT2D eigenvalue weighted by Gasteiger charge is 1.96. The van der Waals surface area contributed by atoms with Gasteiger partial charge in [0, 0.05) is 20.5 Å². The van der Waals surface area contributed by atoms with Crippen LogP contribution in [0.1, 0.15) is 12.5 Å². The van der Waals surface area contributed by atoms with Crippen molar-refractivity contribution >= 4 is 12.0 Å². The Kier molecular flexibility index (Phi) is 3.92. The van der Waals surface area contributed by atoms with Crippen molar-refractivity contribution in [1.29, 1.82) is 0 Å². The van der Waals surface area contributed by atoms with Crippen LogP contribution in [0.15, 0.2) is 36.4 Å². The van der Waals surface area contributed by atoms with E-state index in [4.69, 9.17) is 0 Å². The molecule has 0 N–H and O–H groups in total. The minimum atomic E-state index is 0.0858. The molecular weight excluding hydrogens is 174 g/mol. The van der Waals surface area contributed by atoms with E-state index in [9.17, 15) is 4.79 Å². The lowest BCUT2D eigenvalue weighted by Crippen LogP contribution is -2.23. The summed E-state index contributed by atoms with van der Waals surface area (Å²) in [5, 5.41) is 0. The third kappa shape index (κ3) is 3.44. The van der Waals surface area contributed by atoms with Crippen molar-refractivity contribution in [2.75, 3.05) is 13.6 Å². The van der Waals surface area contributed by atoms with Crippen LogP contribution < -0.4 is 0 Å². The maximum absolute atomic E-state index is 10.9. The molecule has 0 aliphatic carbocycles. The summed E-state index contributed by atoms with van der Waals surface area (Å²) in [6.07, 6.45) is 4.00. The summed E-state index contributed by atoms with van der Waals surface area (Å²) in [4.78, 5) is 12.5. The molecule has 0 radical (unpaired) electrons. The number of hydrogen-bond acceptors (Lipinski definition) is 1. The molecule has 0 atom stereocenters. The van der Waals surface area contributed by atoms with Gasteiger partial charge in [0.1, 0.15) is 0 Å². The fourth-order valence-corrected chi connectivity index (χ4v) is 1.04. The molecule has 2 nitrogen and oxygen atoms in total. The highest BCUT2D eigenvalue weighted by Crippen LogP contribution is 2.00. The van der Waals surface area contributed by atoms with E-state index in [1.807, 2.05) is 42.5 Å². The Labute approximate surface area is 84.9 Å². The van der Waals surface area contributed by atoms with Gasteiger partial charge in [0.15, 0.2) is 0 Å². The van der Waals surface area contributed by atoms with Gasteiger partial charge in [-0.05, 0) is 5.56 Å². The molecule has 74 valence electrons. The van der Waals surface area contributed by atoms with Crippen LogP contribution in [-0.2, 0) is 4.79 Å². The van der Waals surface area contributed by atoms with Crippen molar-refractivity contribution in [3.05, 3.63) is 42.0 Å². The summed E-state index contributed by atoms with van der Waals surface area (Å²) < 4.78 is 0. The molecule has 1 rings (SSSR count). The lowest BCUT2D eigenvalue weighted by molar-refractivity contribution is -0.127. The van der Waals surface area contributed by atoms with Gasteiger partial charge in [-0.25, -0.2) is 0 Å². The van der Waals surface area contributed by atoms with E-state index in [0.29, 0.717) is 6.54 Å². The predicted molar refractivity (Wildman–Crippen MR) is 58.8 cm³/mol. The largest absolute Gasteiger partial charge is 0.342 e. The molecule has 0 aliphatic heterocycles. The number of carbonyl (C=O) groups excluding carboxylic acids is 1. The van der Waals surface area contributed by atoms with E-state index in [1.54, 1.807) is 18.9 Å². The summed E-state index contributed by atoms with van der Waals surface area (Å²) in [6, 6.07) is 10.0. The smallest absolute Gasteiger partial charge is 0.219 e. The third-order valence-electron chi connectivity index (χ3n) is 2.03. The van der Waals surface area contributed by atoms with E-state index >= 15 is 0 Å². The standard InChI is InChI=1S/C12H15NO/c1-11(14)13(2)10-6-9-12-7-4-3-5-8-12/h3-9H,10H2,1-2H3. The Bertz CT molecular complexity index is 316. The van der Waals surface area contributed by atoms with Crippen LogP contribution in [0.25, 0.3) is 6.08 Å². The van der Waals surface area contributed by atoms with Gasteiger partial charge in [0.05, 0.1) is 0 Å². The first-order valence-corrected chi connectivity index (χ1v) is 4.63. The lowest BCUT2D eigenvalue weighted by atomic mass is 10.2. The zero-order valence-electron chi connectivity index (χ0n) is 8.60. The second-order valence-electron chi connectivity index (χ2n) is 3.21. The van der Waals surface area contributed by atoms with E-state index in [2.05, 4.69) is 0 Å². The van der Waals surface area contributed by atoms with Crippen LogP contribution in [0.2, 0.25) is 0 Å². The Morgan fingerprint density at radius 1 is 1.36 bits per heavy atom. The van der Waals surface area contributed by atoms with Crippen molar-refractivity contribution in [3.8, 4) is 0 Å². The average Bonchev–Trinajstić information content (AvgIpc) is 2.19. The highest BCUT2D eigenvalue weighted by molar-refractivity contribution is 5.73. The quantitative estimate of drug-likeness (QED) is 0.713. The molecule has 0 aliphatic rings. The van der Waals surface area contributed by atoms with Crippen LogP contribution in [0.5, 0.6) is 0 Å². The average molecular weight is 189 g/mol. The van der Waals surface area contributed by atoms with Crippen LogP contribution in [0.4, 0.5) is 0 Å². The van der Waals surface area contributed by atoms with E-state index in [0.717, 1.165) is 5.56 Å². The van der Waals surface area contributed by atoms with Gasteiger partial charge in [0.25, 0.3) is 0 Å². The van der Waals surface area contributed by atoms with E-state index in [-0.39, 0.29) is 5.91 Å². The minimum absolute atomic E-state index is 0.0858. The molecule has 0 spiro atoms. The fraction of sp³-hybridized carbons (Fsp3) is 0.250. The molecule has 0 fully saturated rings. The van der Waals surface area contributed by atoms with Gasteiger partial charge in [-0.1, -0.05) is 42.5 Å². The SMILES string of the molecule is CC(=O)N(C)CC=Cc1ccccc1. The van der Waals surface area contributed by atoms with Gasteiger partial charge in [-0.3, -0.25) is 4.79 Å². The number of benzene rings is 1. The van der Waals surface area contributed by atoms with Crippen molar-refractivity contribution in [2.24, 2.45) is 0 Å². The van der Waals surface area contributed by atoms with Crippen LogP contribution in [-0.4, -0.2) is 24.4 Å². The number of likely N-dealkylation sites (N-methyl/N-ethyl adjacent to an activating group) is 1. The van der Waals surface area contributed by atoms with Crippen LogP contribution in [0.3, 0.4) is 0 Å². The fourth-order valence-electron chi connectivity index (χ4n) is 1.04. The topological polar surface area (TPSA) is 20.3 Å².